The van der Waals surface area contributed by atoms with E-state index in [1.54, 1.807) is 12.5 Å². The van der Waals surface area contributed by atoms with Crippen LogP contribution >= 0.6 is 11.6 Å². The second-order valence-corrected chi connectivity index (χ2v) is 5.78. The molecular formula is C15H15ClO2. The van der Waals surface area contributed by atoms with E-state index in [1.165, 1.54) is 5.56 Å². The first-order chi connectivity index (χ1) is 8.58. The molecule has 0 spiro atoms. The monoisotopic (exact) mass is 262 g/mol. The maximum absolute atomic E-state index is 6.47. The van der Waals surface area contributed by atoms with Crippen molar-refractivity contribution in [3.05, 3.63) is 53.5 Å². The number of alkyl halides is 1. The zero-order valence-electron chi connectivity index (χ0n) is 10.4. The first-order valence-corrected chi connectivity index (χ1v) is 6.45. The van der Waals surface area contributed by atoms with E-state index in [1.807, 2.05) is 18.2 Å². The van der Waals surface area contributed by atoms with Gasteiger partial charge in [-0.15, -0.1) is 11.6 Å². The molecule has 1 aliphatic heterocycles. The molecule has 1 aromatic carbocycles. The van der Waals surface area contributed by atoms with E-state index in [0.29, 0.717) is 0 Å². The van der Waals surface area contributed by atoms with Crippen LogP contribution in [-0.4, -0.2) is 6.61 Å². The maximum Gasteiger partial charge on any atom is 0.123 e. The Hall–Kier alpha value is -1.41. The van der Waals surface area contributed by atoms with Gasteiger partial charge in [-0.2, -0.15) is 0 Å². The van der Waals surface area contributed by atoms with Crippen molar-refractivity contribution in [1.82, 2.24) is 0 Å². The molecule has 0 saturated heterocycles. The maximum atomic E-state index is 6.47. The van der Waals surface area contributed by atoms with E-state index >= 15 is 0 Å². The Morgan fingerprint density at radius 3 is 2.78 bits per heavy atom. The summed E-state index contributed by atoms with van der Waals surface area (Å²) >= 11 is 6.47. The van der Waals surface area contributed by atoms with E-state index < -0.39 is 0 Å². The Kier molecular flexibility index (Phi) is 2.63. The summed E-state index contributed by atoms with van der Waals surface area (Å²) in [7, 11) is 0. The van der Waals surface area contributed by atoms with Crippen LogP contribution < -0.4 is 4.74 Å². The fraction of sp³-hybridized carbons (Fsp3) is 0.333. The first kappa shape index (κ1) is 11.7. The molecule has 2 nitrogen and oxygen atoms in total. The van der Waals surface area contributed by atoms with E-state index in [0.717, 1.165) is 23.5 Å². The Balaban J connectivity index is 2.00. The quantitative estimate of drug-likeness (QED) is 0.754. The van der Waals surface area contributed by atoms with Gasteiger partial charge in [-0.05, 0) is 23.8 Å². The van der Waals surface area contributed by atoms with Crippen molar-refractivity contribution < 1.29 is 9.15 Å². The van der Waals surface area contributed by atoms with Crippen LogP contribution in [0.3, 0.4) is 0 Å². The fourth-order valence-corrected chi connectivity index (χ4v) is 2.57. The van der Waals surface area contributed by atoms with Crippen LogP contribution in [-0.2, 0) is 5.41 Å². The summed E-state index contributed by atoms with van der Waals surface area (Å²) < 4.78 is 10.8. The standard InChI is InChI=1S/C15H15ClO2/c1-15(2)9-18-13-4-3-10(7-12(13)15)14(16)11-5-6-17-8-11/h3-8,14H,9H2,1-2H3. The van der Waals surface area contributed by atoms with Crippen LogP contribution in [0.2, 0.25) is 0 Å². The molecule has 0 N–H and O–H groups in total. The molecule has 3 heteroatoms. The van der Waals surface area contributed by atoms with Gasteiger partial charge in [0.1, 0.15) is 5.75 Å². The molecule has 1 aliphatic rings. The lowest BCUT2D eigenvalue weighted by molar-refractivity contribution is 0.291. The highest BCUT2D eigenvalue weighted by Gasteiger charge is 2.32. The Morgan fingerprint density at radius 1 is 1.22 bits per heavy atom. The molecule has 0 bridgehead atoms. The first-order valence-electron chi connectivity index (χ1n) is 6.01. The van der Waals surface area contributed by atoms with Gasteiger partial charge < -0.3 is 9.15 Å². The number of hydrogen-bond donors (Lipinski definition) is 0. The summed E-state index contributed by atoms with van der Waals surface area (Å²) in [6.07, 6.45) is 3.33. The molecule has 2 heterocycles. The van der Waals surface area contributed by atoms with Crippen LogP contribution in [0.4, 0.5) is 0 Å². The lowest BCUT2D eigenvalue weighted by Crippen LogP contribution is -2.18. The summed E-state index contributed by atoms with van der Waals surface area (Å²) in [5.41, 5.74) is 3.34. The highest BCUT2D eigenvalue weighted by Crippen LogP contribution is 2.41. The van der Waals surface area contributed by atoms with Gasteiger partial charge in [0.25, 0.3) is 0 Å². The van der Waals surface area contributed by atoms with Crippen LogP contribution in [0.25, 0.3) is 0 Å². The number of ether oxygens (including phenoxy) is 1. The van der Waals surface area contributed by atoms with Crippen LogP contribution in [0, 0.1) is 0 Å². The van der Waals surface area contributed by atoms with Crippen molar-refractivity contribution in [2.24, 2.45) is 0 Å². The van der Waals surface area contributed by atoms with E-state index in [2.05, 4.69) is 19.9 Å². The molecule has 18 heavy (non-hydrogen) atoms. The zero-order valence-corrected chi connectivity index (χ0v) is 11.2. The Bertz CT molecular complexity index is 558. The molecule has 0 amide bonds. The van der Waals surface area contributed by atoms with Crippen molar-refractivity contribution in [2.75, 3.05) is 6.61 Å². The number of benzene rings is 1. The van der Waals surface area contributed by atoms with Crippen LogP contribution in [0.1, 0.15) is 35.9 Å². The van der Waals surface area contributed by atoms with Gasteiger partial charge in [0, 0.05) is 16.5 Å². The summed E-state index contributed by atoms with van der Waals surface area (Å²) in [6.45, 7) is 5.10. The van der Waals surface area contributed by atoms with Gasteiger partial charge in [0.05, 0.1) is 24.5 Å². The third kappa shape index (κ3) is 1.81. The molecule has 0 aliphatic carbocycles. The summed E-state index contributed by atoms with van der Waals surface area (Å²) in [5.74, 6) is 0.972. The number of furan rings is 1. The SMILES string of the molecule is CC1(C)COc2ccc(C(Cl)c3ccoc3)cc21. The van der Waals surface area contributed by atoms with Crippen molar-refractivity contribution in [3.63, 3.8) is 0 Å². The summed E-state index contributed by atoms with van der Waals surface area (Å²) in [4.78, 5) is 0. The third-order valence-corrected chi connectivity index (χ3v) is 3.95. The van der Waals surface area contributed by atoms with Crippen molar-refractivity contribution >= 4 is 11.6 Å². The molecule has 1 unspecified atom stereocenters. The van der Waals surface area contributed by atoms with Gasteiger partial charge in [-0.25, -0.2) is 0 Å². The Labute approximate surface area is 112 Å². The molecule has 0 radical (unpaired) electrons. The fourth-order valence-electron chi connectivity index (χ4n) is 2.31. The highest BCUT2D eigenvalue weighted by molar-refractivity contribution is 6.22. The minimum Gasteiger partial charge on any atom is -0.492 e. The molecule has 0 fully saturated rings. The number of halogens is 1. The van der Waals surface area contributed by atoms with E-state index in [9.17, 15) is 0 Å². The second-order valence-electron chi connectivity index (χ2n) is 5.35. The minimum absolute atomic E-state index is 0.0539. The van der Waals surface area contributed by atoms with Gasteiger partial charge in [-0.1, -0.05) is 19.9 Å². The zero-order chi connectivity index (χ0) is 12.8. The van der Waals surface area contributed by atoms with Crippen molar-refractivity contribution in [1.29, 1.82) is 0 Å². The van der Waals surface area contributed by atoms with Gasteiger partial charge in [0.15, 0.2) is 0 Å². The summed E-state index contributed by atoms with van der Waals surface area (Å²) in [6, 6.07) is 8.07. The minimum atomic E-state index is -0.176. The second kappa shape index (κ2) is 4.06. The highest BCUT2D eigenvalue weighted by atomic mass is 35.5. The lowest BCUT2D eigenvalue weighted by atomic mass is 9.85. The normalized spacial score (nSPS) is 18.2. The number of rotatable bonds is 2. The smallest absolute Gasteiger partial charge is 0.123 e. The van der Waals surface area contributed by atoms with E-state index in [-0.39, 0.29) is 10.8 Å². The number of hydrogen-bond acceptors (Lipinski definition) is 2. The average molecular weight is 263 g/mol. The topological polar surface area (TPSA) is 22.4 Å². The van der Waals surface area contributed by atoms with Crippen molar-refractivity contribution in [3.8, 4) is 5.75 Å². The predicted octanol–water partition coefficient (Wildman–Crippen LogP) is 4.28. The van der Waals surface area contributed by atoms with Gasteiger partial charge in [0.2, 0.25) is 0 Å². The molecule has 1 atom stereocenters. The van der Waals surface area contributed by atoms with Crippen molar-refractivity contribution in [2.45, 2.75) is 24.6 Å². The number of fused-ring (bicyclic) bond motifs is 1. The molecule has 0 saturated carbocycles. The van der Waals surface area contributed by atoms with E-state index in [4.69, 9.17) is 20.8 Å². The van der Waals surface area contributed by atoms with Gasteiger partial charge >= 0.3 is 0 Å². The predicted molar refractivity (Wildman–Crippen MR) is 71.4 cm³/mol. The lowest BCUT2D eigenvalue weighted by Gasteiger charge is -2.17. The van der Waals surface area contributed by atoms with Crippen LogP contribution in [0.5, 0.6) is 5.75 Å². The Morgan fingerprint density at radius 2 is 2.06 bits per heavy atom. The van der Waals surface area contributed by atoms with Crippen LogP contribution in [0.15, 0.2) is 41.2 Å². The molecular weight excluding hydrogens is 248 g/mol. The summed E-state index contributed by atoms with van der Waals surface area (Å²) in [5, 5.41) is -0.176. The largest absolute Gasteiger partial charge is 0.492 e. The van der Waals surface area contributed by atoms with Gasteiger partial charge in [-0.3, -0.25) is 0 Å². The third-order valence-electron chi connectivity index (χ3n) is 3.45. The molecule has 2 aromatic rings. The molecule has 1 aromatic heterocycles. The molecule has 94 valence electrons. The molecule has 3 rings (SSSR count). The average Bonchev–Trinajstić information content (AvgIpc) is 2.97.